The summed E-state index contributed by atoms with van der Waals surface area (Å²) in [7, 11) is 1.68. The van der Waals surface area contributed by atoms with E-state index in [-0.39, 0.29) is 12.3 Å². The molecule has 0 radical (unpaired) electrons. The molecule has 0 fully saturated rings. The van der Waals surface area contributed by atoms with Crippen molar-refractivity contribution in [3.05, 3.63) is 0 Å². The fourth-order valence-corrected chi connectivity index (χ4v) is 2.47. The van der Waals surface area contributed by atoms with Crippen LogP contribution in [0.4, 0.5) is 0 Å². The third-order valence-electron chi connectivity index (χ3n) is 4.92. The lowest BCUT2D eigenvalue weighted by Gasteiger charge is -2.23. The van der Waals surface area contributed by atoms with Crippen molar-refractivity contribution in [2.45, 2.75) is 77.6 Å². The molecule has 0 atom stereocenters. The second-order valence-electron chi connectivity index (χ2n) is 7.67. The van der Waals surface area contributed by atoms with Gasteiger partial charge >= 0.3 is 5.97 Å². The summed E-state index contributed by atoms with van der Waals surface area (Å²) < 4.78 is 0. The Morgan fingerprint density at radius 2 is 1.14 bits per heavy atom. The SMILES string of the molecule is CCCCCCCCCCCC(=O)N(C)CCC(=O)O.OCC(CO)(CO)CO. The molecular weight excluding hydrogens is 378 g/mol. The Balaban J connectivity index is 0. The minimum absolute atomic E-state index is 0.0278. The van der Waals surface area contributed by atoms with Crippen LogP contribution in [-0.2, 0) is 9.59 Å². The topological polar surface area (TPSA) is 139 Å². The van der Waals surface area contributed by atoms with Crippen LogP contribution in [0.3, 0.4) is 0 Å². The molecule has 0 aliphatic carbocycles. The van der Waals surface area contributed by atoms with E-state index >= 15 is 0 Å². The van der Waals surface area contributed by atoms with Crippen molar-refractivity contribution in [3.63, 3.8) is 0 Å². The fraction of sp³-hybridized carbons (Fsp3) is 0.905. The van der Waals surface area contributed by atoms with Gasteiger partial charge in [0.2, 0.25) is 5.91 Å². The number of nitrogens with zero attached hydrogens (tertiary/aromatic N) is 1. The Morgan fingerprint density at radius 3 is 1.48 bits per heavy atom. The Hall–Kier alpha value is -1.22. The van der Waals surface area contributed by atoms with Crippen LogP contribution in [0.15, 0.2) is 0 Å². The molecular formula is C21H43NO7. The number of carbonyl (C=O) groups is 2. The maximum atomic E-state index is 11.7. The lowest BCUT2D eigenvalue weighted by Crippen LogP contribution is -2.37. The first-order chi connectivity index (χ1) is 13.8. The molecule has 0 spiro atoms. The van der Waals surface area contributed by atoms with Crippen molar-refractivity contribution in [1.82, 2.24) is 4.90 Å². The number of carboxylic acids is 1. The minimum atomic E-state index is -1.11. The highest BCUT2D eigenvalue weighted by molar-refractivity contribution is 5.76. The van der Waals surface area contributed by atoms with Gasteiger partial charge in [-0.3, -0.25) is 9.59 Å². The lowest BCUT2D eigenvalue weighted by atomic mass is 9.93. The maximum Gasteiger partial charge on any atom is 0.305 e. The molecule has 0 aliphatic rings. The van der Waals surface area contributed by atoms with Gasteiger partial charge in [-0.1, -0.05) is 58.3 Å². The first kappa shape index (κ1) is 30.0. The molecule has 0 aromatic heterocycles. The van der Waals surface area contributed by atoms with E-state index in [4.69, 9.17) is 25.5 Å². The second-order valence-corrected chi connectivity index (χ2v) is 7.67. The third kappa shape index (κ3) is 17.4. The van der Waals surface area contributed by atoms with Crippen molar-refractivity contribution in [2.75, 3.05) is 40.0 Å². The summed E-state index contributed by atoms with van der Waals surface area (Å²) in [5.41, 5.74) is -1.11. The maximum absolute atomic E-state index is 11.7. The lowest BCUT2D eigenvalue weighted by molar-refractivity contribution is -0.138. The summed E-state index contributed by atoms with van der Waals surface area (Å²) >= 11 is 0. The summed E-state index contributed by atoms with van der Waals surface area (Å²) in [6.07, 6.45) is 11.7. The van der Waals surface area contributed by atoms with Gasteiger partial charge in [-0.25, -0.2) is 0 Å². The summed E-state index contributed by atoms with van der Waals surface area (Å²) in [6.45, 7) is 0.913. The highest BCUT2D eigenvalue weighted by Crippen LogP contribution is 2.12. The number of carbonyl (C=O) groups excluding carboxylic acids is 1. The van der Waals surface area contributed by atoms with E-state index in [1.54, 1.807) is 7.05 Å². The molecule has 0 aromatic carbocycles. The van der Waals surface area contributed by atoms with Crippen molar-refractivity contribution in [1.29, 1.82) is 0 Å². The number of amides is 1. The molecule has 0 bridgehead atoms. The van der Waals surface area contributed by atoms with Gasteiger partial charge in [-0.2, -0.15) is 0 Å². The van der Waals surface area contributed by atoms with E-state index < -0.39 is 37.8 Å². The highest BCUT2D eigenvalue weighted by Gasteiger charge is 2.26. The predicted octanol–water partition coefficient (Wildman–Crippen LogP) is 1.78. The smallest absolute Gasteiger partial charge is 0.305 e. The van der Waals surface area contributed by atoms with E-state index in [2.05, 4.69) is 6.92 Å². The summed E-state index contributed by atoms with van der Waals surface area (Å²) in [5.74, 6) is -0.790. The highest BCUT2D eigenvalue weighted by atomic mass is 16.4. The van der Waals surface area contributed by atoms with Gasteiger partial charge in [-0.05, 0) is 6.42 Å². The Morgan fingerprint density at radius 1 is 0.724 bits per heavy atom. The monoisotopic (exact) mass is 421 g/mol. The van der Waals surface area contributed by atoms with Crippen molar-refractivity contribution in [2.24, 2.45) is 5.41 Å². The summed E-state index contributed by atoms with van der Waals surface area (Å²) in [6, 6.07) is 0. The van der Waals surface area contributed by atoms with Crippen LogP contribution in [-0.4, -0.2) is 82.3 Å². The molecule has 0 aromatic rings. The molecule has 0 unspecified atom stereocenters. The molecule has 29 heavy (non-hydrogen) atoms. The van der Waals surface area contributed by atoms with Crippen molar-refractivity contribution < 1.29 is 35.1 Å². The van der Waals surface area contributed by atoms with Gasteiger partial charge in [0.05, 0.1) is 38.3 Å². The molecule has 1 amide bonds. The molecule has 0 heterocycles. The van der Waals surface area contributed by atoms with Crippen LogP contribution in [0.1, 0.15) is 77.6 Å². The summed E-state index contributed by atoms with van der Waals surface area (Å²) in [5, 5.41) is 42.5. The number of carboxylic acid groups (broad SMARTS) is 1. The van der Waals surface area contributed by atoms with E-state index in [1.807, 2.05) is 0 Å². The Kier molecular flexibility index (Phi) is 20.7. The zero-order valence-corrected chi connectivity index (χ0v) is 18.3. The molecule has 0 saturated carbocycles. The molecule has 174 valence electrons. The Bertz CT molecular complexity index is 383. The van der Waals surface area contributed by atoms with Crippen LogP contribution >= 0.6 is 0 Å². The van der Waals surface area contributed by atoms with Crippen LogP contribution in [0.5, 0.6) is 0 Å². The number of rotatable bonds is 17. The number of hydrogen-bond donors (Lipinski definition) is 5. The Labute approximate surface area is 175 Å². The molecule has 8 nitrogen and oxygen atoms in total. The zero-order chi connectivity index (χ0) is 22.5. The minimum Gasteiger partial charge on any atom is -0.481 e. The number of aliphatic hydroxyl groups excluding tert-OH is 4. The number of aliphatic hydroxyl groups is 4. The normalized spacial score (nSPS) is 11.0. The largest absolute Gasteiger partial charge is 0.481 e. The van der Waals surface area contributed by atoms with Crippen molar-refractivity contribution >= 4 is 11.9 Å². The zero-order valence-electron chi connectivity index (χ0n) is 18.3. The average Bonchev–Trinajstić information content (AvgIpc) is 2.73. The van der Waals surface area contributed by atoms with Gasteiger partial charge in [0.25, 0.3) is 0 Å². The van der Waals surface area contributed by atoms with Crippen LogP contribution in [0.2, 0.25) is 0 Å². The predicted molar refractivity (Wildman–Crippen MR) is 113 cm³/mol. The average molecular weight is 422 g/mol. The first-order valence-corrected chi connectivity index (χ1v) is 10.7. The van der Waals surface area contributed by atoms with E-state index in [9.17, 15) is 9.59 Å². The van der Waals surface area contributed by atoms with E-state index in [1.165, 1.54) is 49.8 Å². The standard InChI is InChI=1S/C16H31NO3.C5H12O4/c1-3-4-5-6-7-8-9-10-11-12-15(18)17(2)14-13-16(19)20;6-1-5(2-7,3-8)4-9/h3-14H2,1-2H3,(H,19,20);6-9H,1-4H2. The quantitative estimate of drug-likeness (QED) is 0.226. The molecule has 0 saturated heterocycles. The van der Waals surface area contributed by atoms with Crippen molar-refractivity contribution in [3.8, 4) is 0 Å². The van der Waals surface area contributed by atoms with Gasteiger partial charge in [0.15, 0.2) is 0 Å². The fourth-order valence-electron chi connectivity index (χ4n) is 2.47. The molecule has 0 rings (SSSR count). The van der Waals surface area contributed by atoms with E-state index in [0.717, 1.165) is 12.8 Å². The van der Waals surface area contributed by atoms with Crippen LogP contribution in [0, 0.1) is 5.41 Å². The second kappa shape index (κ2) is 20.1. The van der Waals surface area contributed by atoms with Crippen LogP contribution < -0.4 is 0 Å². The number of hydrogen-bond acceptors (Lipinski definition) is 6. The molecule has 8 heteroatoms. The molecule has 0 aliphatic heterocycles. The van der Waals surface area contributed by atoms with Gasteiger partial charge < -0.3 is 30.4 Å². The molecule has 5 N–H and O–H groups in total. The first-order valence-electron chi connectivity index (χ1n) is 10.7. The summed E-state index contributed by atoms with van der Waals surface area (Å²) in [4.78, 5) is 23.6. The number of unbranched alkanes of at least 4 members (excludes halogenated alkanes) is 8. The third-order valence-corrected chi connectivity index (χ3v) is 4.92. The van der Waals surface area contributed by atoms with Gasteiger partial charge in [0.1, 0.15) is 0 Å². The van der Waals surface area contributed by atoms with Gasteiger partial charge in [-0.15, -0.1) is 0 Å². The van der Waals surface area contributed by atoms with Crippen LogP contribution in [0.25, 0.3) is 0 Å². The van der Waals surface area contributed by atoms with Gasteiger partial charge in [0, 0.05) is 20.0 Å². The number of aliphatic carboxylic acids is 1. The van der Waals surface area contributed by atoms with E-state index in [0.29, 0.717) is 13.0 Å².